The minimum atomic E-state index is -1.08. The summed E-state index contributed by atoms with van der Waals surface area (Å²) in [5, 5.41) is 21.9. The number of ether oxygens (including phenoxy) is 2. The van der Waals surface area contributed by atoms with Crippen molar-refractivity contribution in [2.45, 2.75) is 13.0 Å². The van der Waals surface area contributed by atoms with Crippen LogP contribution in [0.3, 0.4) is 0 Å². The number of amides is 1. The second-order valence-corrected chi connectivity index (χ2v) is 8.66. The molecule has 37 heavy (non-hydrogen) atoms. The molecule has 1 aliphatic rings. The standard InChI is InChI=1S/C27H22ClN3O6/c1-3-37-21-12-14(9-11-19(21)32)23-22(24(33)15-8-10-16(28)20(13-15)36-2)25(34)26(35)31(23)27-29-17-6-4-5-7-18(17)30-27/h4-13,23,32-33H,3H2,1-2H3,(H,29,30)/b24-22+. The number of rotatable bonds is 6. The first kappa shape index (κ1) is 24.2. The Labute approximate surface area is 216 Å². The van der Waals surface area contributed by atoms with Crippen molar-refractivity contribution in [1.82, 2.24) is 9.97 Å². The number of aliphatic hydroxyl groups is 1. The van der Waals surface area contributed by atoms with Crippen molar-refractivity contribution in [1.29, 1.82) is 0 Å². The molecule has 1 aromatic heterocycles. The number of fused-ring (bicyclic) bond motifs is 1. The number of imidazole rings is 1. The van der Waals surface area contributed by atoms with Crippen LogP contribution < -0.4 is 14.4 Å². The number of methoxy groups -OCH3 is 1. The molecule has 9 nitrogen and oxygen atoms in total. The van der Waals surface area contributed by atoms with Crippen LogP contribution in [0.25, 0.3) is 16.8 Å². The van der Waals surface area contributed by atoms with Crippen molar-refractivity contribution in [3.63, 3.8) is 0 Å². The molecule has 1 amide bonds. The fourth-order valence-electron chi connectivity index (χ4n) is 4.35. The normalized spacial score (nSPS) is 16.9. The van der Waals surface area contributed by atoms with Gasteiger partial charge in [-0.3, -0.25) is 14.5 Å². The molecule has 188 valence electrons. The van der Waals surface area contributed by atoms with Crippen LogP contribution in [0.5, 0.6) is 17.2 Å². The predicted molar refractivity (Wildman–Crippen MR) is 138 cm³/mol. The van der Waals surface area contributed by atoms with Gasteiger partial charge in [-0.1, -0.05) is 29.8 Å². The van der Waals surface area contributed by atoms with Crippen molar-refractivity contribution in [3.8, 4) is 17.2 Å². The number of aromatic nitrogens is 2. The summed E-state index contributed by atoms with van der Waals surface area (Å²) >= 11 is 6.14. The average molecular weight is 520 g/mol. The van der Waals surface area contributed by atoms with Gasteiger partial charge >= 0.3 is 5.91 Å². The van der Waals surface area contributed by atoms with Crippen LogP contribution in [0.4, 0.5) is 5.95 Å². The lowest BCUT2D eigenvalue weighted by Gasteiger charge is -2.23. The highest BCUT2D eigenvalue weighted by Gasteiger charge is 2.48. The van der Waals surface area contributed by atoms with Gasteiger partial charge in [-0.05, 0) is 55.0 Å². The number of hydrogen-bond donors (Lipinski definition) is 3. The van der Waals surface area contributed by atoms with E-state index >= 15 is 0 Å². The second-order valence-electron chi connectivity index (χ2n) is 8.26. The van der Waals surface area contributed by atoms with E-state index in [-0.39, 0.29) is 40.9 Å². The van der Waals surface area contributed by atoms with Crippen molar-refractivity contribution in [2.75, 3.05) is 18.6 Å². The minimum Gasteiger partial charge on any atom is -0.507 e. The van der Waals surface area contributed by atoms with Gasteiger partial charge in [0.1, 0.15) is 11.5 Å². The number of H-pyrrole nitrogens is 1. The van der Waals surface area contributed by atoms with E-state index in [0.29, 0.717) is 21.6 Å². The summed E-state index contributed by atoms with van der Waals surface area (Å²) in [7, 11) is 1.43. The van der Waals surface area contributed by atoms with Gasteiger partial charge in [0.25, 0.3) is 5.78 Å². The maximum atomic E-state index is 13.4. The Morgan fingerprint density at radius 1 is 1.11 bits per heavy atom. The van der Waals surface area contributed by atoms with Crippen LogP contribution in [0.15, 0.2) is 66.2 Å². The lowest BCUT2D eigenvalue weighted by Crippen LogP contribution is -2.30. The van der Waals surface area contributed by atoms with Gasteiger partial charge in [-0.2, -0.15) is 0 Å². The zero-order valence-corrected chi connectivity index (χ0v) is 20.6. The van der Waals surface area contributed by atoms with E-state index in [9.17, 15) is 19.8 Å². The number of carbonyl (C=O) groups is 2. The summed E-state index contributed by atoms with van der Waals surface area (Å²) in [6.07, 6.45) is 0. The first-order valence-electron chi connectivity index (χ1n) is 11.4. The molecule has 0 aliphatic carbocycles. The SMILES string of the molecule is CCOc1cc(C2/C(=C(\O)c3ccc(Cl)c(OC)c3)C(=O)C(=O)N2c2nc3ccccc3[nH]2)ccc1O. The monoisotopic (exact) mass is 519 g/mol. The van der Waals surface area contributed by atoms with Gasteiger partial charge in [0.05, 0.1) is 41.4 Å². The molecule has 1 unspecified atom stereocenters. The van der Waals surface area contributed by atoms with Crippen molar-refractivity contribution in [2.24, 2.45) is 0 Å². The number of aliphatic hydroxyl groups excluding tert-OH is 1. The Hall–Kier alpha value is -4.50. The highest BCUT2D eigenvalue weighted by molar-refractivity contribution is 6.51. The van der Waals surface area contributed by atoms with Crippen molar-refractivity contribution >= 4 is 46.0 Å². The van der Waals surface area contributed by atoms with Crippen LogP contribution >= 0.6 is 11.6 Å². The number of nitrogens with one attached hydrogen (secondary N) is 1. The molecule has 0 saturated carbocycles. The van der Waals surface area contributed by atoms with E-state index in [2.05, 4.69) is 9.97 Å². The molecule has 10 heteroatoms. The van der Waals surface area contributed by atoms with Gasteiger partial charge in [-0.25, -0.2) is 4.98 Å². The summed E-state index contributed by atoms with van der Waals surface area (Å²) in [5.41, 5.74) is 1.76. The fourth-order valence-corrected chi connectivity index (χ4v) is 4.55. The zero-order valence-electron chi connectivity index (χ0n) is 19.9. The van der Waals surface area contributed by atoms with E-state index in [1.54, 1.807) is 31.2 Å². The fraction of sp³-hybridized carbons (Fsp3) is 0.148. The first-order chi connectivity index (χ1) is 17.8. The lowest BCUT2D eigenvalue weighted by molar-refractivity contribution is -0.132. The van der Waals surface area contributed by atoms with E-state index in [1.165, 1.54) is 42.3 Å². The minimum absolute atomic E-state index is 0.103. The Balaban J connectivity index is 1.75. The third kappa shape index (κ3) is 4.13. The van der Waals surface area contributed by atoms with Gasteiger partial charge in [0, 0.05) is 5.56 Å². The van der Waals surface area contributed by atoms with E-state index in [1.807, 2.05) is 6.07 Å². The molecule has 1 fully saturated rings. The molecule has 1 atom stereocenters. The van der Waals surface area contributed by atoms with Crippen LogP contribution in [-0.2, 0) is 9.59 Å². The van der Waals surface area contributed by atoms with Crippen LogP contribution in [-0.4, -0.2) is 45.6 Å². The molecule has 0 spiro atoms. The third-order valence-corrected chi connectivity index (χ3v) is 6.39. The molecule has 5 rings (SSSR count). The number of para-hydroxylation sites is 2. The number of aromatic hydroxyl groups is 1. The maximum absolute atomic E-state index is 13.4. The first-order valence-corrected chi connectivity index (χ1v) is 11.8. The number of carbonyl (C=O) groups excluding carboxylic acids is 2. The number of aromatic amines is 1. The number of benzene rings is 3. The molecule has 4 aromatic rings. The van der Waals surface area contributed by atoms with Crippen molar-refractivity contribution in [3.05, 3.63) is 82.4 Å². The lowest BCUT2D eigenvalue weighted by atomic mass is 9.95. The number of nitrogens with zero attached hydrogens (tertiary/aromatic N) is 2. The largest absolute Gasteiger partial charge is 0.507 e. The Morgan fingerprint density at radius 3 is 2.62 bits per heavy atom. The maximum Gasteiger partial charge on any atom is 0.302 e. The molecule has 1 aliphatic heterocycles. The molecule has 1 saturated heterocycles. The number of phenols is 1. The third-order valence-electron chi connectivity index (χ3n) is 6.07. The van der Waals surface area contributed by atoms with Gasteiger partial charge in [-0.15, -0.1) is 0 Å². The van der Waals surface area contributed by atoms with Gasteiger partial charge in [0.15, 0.2) is 11.5 Å². The molecule has 2 heterocycles. The molecule has 3 aromatic carbocycles. The Bertz CT molecular complexity index is 1540. The number of ketones is 1. The highest BCUT2D eigenvalue weighted by Crippen LogP contribution is 2.44. The number of anilines is 1. The van der Waals surface area contributed by atoms with Crippen LogP contribution in [0.1, 0.15) is 24.1 Å². The number of hydrogen-bond acceptors (Lipinski definition) is 7. The summed E-state index contributed by atoms with van der Waals surface area (Å²) in [4.78, 5) is 35.6. The predicted octanol–water partition coefficient (Wildman–Crippen LogP) is 4.96. The topological polar surface area (TPSA) is 125 Å². The molecular weight excluding hydrogens is 498 g/mol. The van der Waals surface area contributed by atoms with Crippen LogP contribution in [0.2, 0.25) is 5.02 Å². The van der Waals surface area contributed by atoms with Crippen LogP contribution in [0, 0.1) is 0 Å². The van der Waals surface area contributed by atoms with E-state index < -0.39 is 23.5 Å². The summed E-state index contributed by atoms with van der Waals surface area (Å²) in [6, 6.07) is 15.1. The highest BCUT2D eigenvalue weighted by atomic mass is 35.5. The molecule has 3 N–H and O–H groups in total. The quantitative estimate of drug-likeness (QED) is 0.187. The second kappa shape index (κ2) is 9.51. The van der Waals surface area contributed by atoms with E-state index in [4.69, 9.17) is 21.1 Å². The number of Topliss-reactive ketones (excluding diaryl/α,β-unsaturated/α-hetero) is 1. The smallest absolute Gasteiger partial charge is 0.302 e. The van der Waals surface area contributed by atoms with E-state index in [0.717, 1.165) is 0 Å². The van der Waals surface area contributed by atoms with Crippen molar-refractivity contribution < 1.29 is 29.3 Å². The number of phenolic OH excluding ortho intramolecular Hbond substituents is 1. The summed E-state index contributed by atoms with van der Waals surface area (Å²) in [5.74, 6) is -1.70. The molecular formula is C27H22ClN3O6. The Morgan fingerprint density at radius 2 is 1.89 bits per heavy atom. The molecule has 0 radical (unpaired) electrons. The van der Waals surface area contributed by atoms with Gasteiger partial charge < -0.3 is 24.7 Å². The molecule has 0 bridgehead atoms. The number of halogens is 1. The van der Waals surface area contributed by atoms with Gasteiger partial charge in [0.2, 0.25) is 5.95 Å². The zero-order chi connectivity index (χ0) is 26.3. The summed E-state index contributed by atoms with van der Waals surface area (Å²) in [6.45, 7) is 2.05. The summed E-state index contributed by atoms with van der Waals surface area (Å²) < 4.78 is 10.8. The Kier molecular flexibility index (Phi) is 6.22. The average Bonchev–Trinajstić information content (AvgIpc) is 3.43.